The molecule has 29 heavy (non-hydrogen) atoms. The SMILES string of the molecule is Cc1nc2oc(-c3ccccc3)nc2cc1NC(=O)C1(c2cccs2)CCCC1. The van der Waals surface area contributed by atoms with Crippen molar-refractivity contribution in [2.45, 2.75) is 38.0 Å². The normalized spacial score (nSPS) is 15.6. The number of amides is 1. The largest absolute Gasteiger partial charge is 0.418 e. The lowest BCUT2D eigenvalue weighted by Gasteiger charge is -2.26. The lowest BCUT2D eigenvalue weighted by atomic mass is 9.83. The van der Waals surface area contributed by atoms with E-state index in [0.29, 0.717) is 22.8 Å². The summed E-state index contributed by atoms with van der Waals surface area (Å²) < 4.78 is 5.84. The number of hydrogen-bond acceptors (Lipinski definition) is 5. The van der Waals surface area contributed by atoms with Crippen LogP contribution in [0.2, 0.25) is 0 Å². The van der Waals surface area contributed by atoms with Crippen molar-refractivity contribution in [2.24, 2.45) is 0 Å². The smallest absolute Gasteiger partial charge is 0.247 e. The van der Waals surface area contributed by atoms with E-state index >= 15 is 0 Å². The van der Waals surface area contributed by atoms with E-state index in [2.05, 4.69) is 21.4 Å². The first-order chi connectivity index (χ1) is 14.2. The molecule has 6 heteroatoms. The summed E-state index contributed by atoms with van der Waals surface area (Å²) in [5, 5.41) is 5.19. The average molecular weight is 404 g/mol. The summed E-state index contributed by atoms with van der Waals surface area (Å²) in [6.07, 6.45) is 3.92. The quantitative estimate of drug-likeness (QED) is 0.474. The van der Waals surface area contributed by atoms with Gasteiger partial charge in [0.25, 0.3) is 0 Å². The van der Waals surface area contributed by atoms with Crippen LogP contribution in [-0.2, 0) is 10.2 Å². The van der Waals surface area contributed by atoms with E-state index in [1.165, 1.54) is 0 Å². The number of carbonyl (C=O) groups excluding carboxylic acids is 1. The van der Waals surface area contributed by atoms with Crippen LogP contribution in [-0.4, -0.2) is 15.9 Å². The minimum Gasteiger partial charge on any atom is -0.418 e. The Balaban J connectivity index is 1.48. The molecule has 4 aromatic rings. The molecule has 1 aliphatic rings. The number of carbonyl (C=O) groups is 1. The maximum Gasteiger partial charge on any atom is 0.247 e. The van der Waals surface area contributed by atoms with Crippen LogP contribution in [0.4, 0.5) is 5.69 Å². The molecule has 0 atom stereocenters. The summed E-state index contributed by atoms with van der Waals surface area (Å²) in [5.74, 6) is 0.579. The number of pyridine rings is 1. The van der Waals surface area contributed by atoms with Gasteiger partial charge in [-0.25, -0.2) is 9.97 Å². The number of oxazole rings is 1. The number of thiophene rings is 1. The van der Waals surface area contributed by atoms with Crippen molar-refractivity contribution in [2.75, 3.05) is 5.32 Å². The zero-order valence-electron chi connectivity index (χ0n) is 16.1. The second kappa shape index (κ2) is 7.12. The highest BCUT2D eigenvalue weighted by atomic mass is 32.1. The number of anilines is 1. The summed E-state index contributed by atoms with van der Waals surface area (Å²) >= 11 is 1.66. The van der Waals surface area contributed by atoms with E-state index < -0.39 is 5.41 Å². The highest BCUT2D eigenvalue weighted by Crippen LogP contribution is 2.44. The molecule has 0 saturated heterocycles. The molecule has 1 fully saturated rings. The lowest BCUT2D eigenvalue weighted by Crippen LogP contribution is -2.37. The topological polar surface area (TPSA) is 68.0 Å². The standard InChI is InChI=1S/C23H21N3O2S/c1-15-17(26-22(27)23(11-5-6-12-23)19-10-7-13-29-19)14-18-21(24-15)28-20(25-18)16-8-3-2-4-9-16/h2-4,7-10,13-14H,5-6,11-12H2,1H3,(H,26,27). The number of aryl methyl sites for hydroxylation is 1. The Labute approximate surface area is 172 Å². The molecule has 5 rings (SSSR count). The Morgan fingerprint density at radius 2 is 1.90 bits per heavy atom. The Hall–Kier alpha value is -2.99. The third-order valence-electron chi connectivity index (χ3n) is 5.73. The maximum atomic E-state index is 13.4. The minimum atomic E-state index is -0.436. The van der Waals surface area contributed by atoms with Gasteiger partial charge in [-0.2, -0.15) is 0 Å². The fraction of sp³-hybridized carbons (Fsp3) is 0.261. The third-order valence-corrected chi connectivity index (χ3v) is 6.80. The highest BCUT2D eigenvalue weighted by Gasteiger charge is 2.43. The van der Waals surface area contributed by atoms with Crippen molar-refractivity contribution in [3.8, 4) is 11.5 Å². The van der Waals surface area contributed by atoms with Crippen LogP contribution in [0, 0.1) is 6.92 Å². The number of benzene rings is 1. The number of fused-ring (bicyclic) bond motifs is 1. The van der Waals surface area contributed by atoms with Crippen LogP contribution in [0.5, 0.6) is 0 Å². The Bertz CT molecular complexity index is 1160. The molecule has 0 unspecified atom stereocenters. The molecule has 0 radical (unpaired) electrons. The van der Waals surface area contributed by atoms with Crippen molar-refractivity contribution >= 4 is 34.2 Å². The molecule has 1 N–H and O–H groups in total. The predicted molar refractivity (Wildman–Crippen MR) is 115 cm³/mol. The van der Waals surface area contributed by atoms with Gasteiger partial charge < -0.3 is 9.73 Å². The summed E-state index contributed by atoms with van der Waals surface area (Å²) in [6, 6.07) is 15.7. The molecular formula is C23H21N3O2S. The van der Waals surface area contributed by atoms with Crippen LogP contribution >= 0.6 is 11.3 Å². The number of nitrogens with zero attached hydrogens (tertiary/aromatic N) is 2. The summed E-state index contributed by atoms with van der Waals surface area (Å²) in [7, 11) is 0. The number of nitrogens with one attached hydrogen (secondary N) is 1. The Morgan fingerprint density at radius 1 is 1.10 bits per heavy atom. The maximum absolute atomic E-state index is 13.4. The molecule has 1 saturated carbocycles. The van der Waals surface area contributed by atoms with Crippen LogP contribution in [0.25, 0.3) is 22.7 Å². The first-order valence-electron chi connectivity index (χ1n) is 9.85. The van der Waals surface area contributed by atoms with E-state index in [9.17, 15) is 4.79 Å². The molecule has 1 aromatic carbocycles. The fourth-order valence-corrected chi connectivity index (χ4v) is 5.12. The van der Waals surface area contributed by atoms with Crippen LogP contribution in [0.1, 0.15) is 36.3 Å². The molecule has 1 amide bonds. The molecule has 3 heterocycles. The first-order valence-corrected chi connectivity index (χ1v) is 10.7. The lowest BCUT2D eigenvalue weighted by molar-refractivity contribution is -0.121. The third kappa shape index (κ3) is 3.13. The van der Waals surface area contributed by atoms with E-state index in [1.807, 2.05) is 54.8 Å². The molecule has 3 aromatic heterocycles. The molecule has 5 nitrogen and oxygen atoms in total. The molecule has 146 valence electrons. The van der Waals surface area contributed by atoms with E-state index in [0.717, 1.165) is 41.8 Å². The van der Waals surface area contributed by atoms with Crippen LogP contribution < -0.4 is 5.32 Å². The van der Waals surface area contributed by atoms with Crippen molar-refractivity contribution in [3.05, 3.63) is 64.5 Å². The van der Waals surface area contributed by atoms with Crippen molar-refractivity contribution < 1.29 is 9.21 Å². The molecule has 1 aliphatic carbocycles. The van der Waals surface area contributed by atoms with Crippen molar-refractivity contribution in [3.63, 3.8) is 0 Å². The van der Waals surface area contributed by atoms with Crippen LogP contribution in [0.15, 0.2) is 58.3 Å². The van der Waals surface area contributed by atoms with E-state index in [4.69, 9.17) is 4.42 Å². The molecule has 0 bridgehead atoms. The van der Waals surface area contributed by atoms with Gasteiger partial charge in [0, 0.05) is 10.4 Å². The van der Waals surface area contributed by atoms with Gasteiger partial charge >= 0.3 is 0 Å². The van der Waals surface area contributed by atoms with Gasteiger partial charge in [-0.05, 0) is 49.4 Å². The summed E-state index contributed by atoms with van der Waals surface area (Å²) in [6.45, 7) is 1.88. The van der Waals surface area contributed by atoms with Crippen molar-refractivity contribution in [1.82, 2.24) is 9.97 Å². The number of aromatic nitrogens is 2. The summed E-state index contributed by atoms with van der Waals surface area (Å²) in [4.78, 5) is 23.6. The number of hydrogen-bond donors (Lipinski definition) is 1. The highest BCUT2D eigenvalue weighted by molar-refractivity contribution is 7.10. The zero-order valence-corrected chi connectivity index (χ0v) is 17.0. The van der Waals surface area contributed by atoms with Gasteiger partial charge in [-0.3, -0.25) is 4.79 Å². The second-order valence-corrected chi connectivity index (χ2v) is 8.50. The van der Waals surface area contributed by atoms with E-state index in [-0.39, 0.29) is 5.91 Å². The van der Waals surface area contributed by atoms with Gasteiger partial charge in [0.2, 0.25) is 17.5 Å². The van der Waals surface area contributed by atoms with Gasteiger partial charge in [-0.1, -0.05) is 37.1 Å². The zero-order chi connectivity index (χ0) is 19.8. The fourth-order valence-electron chi connectivity index (χ4n) is 4.14. The average Bonchev–Trinajstić information content (AvgIpc) is 3.49. The monoisotopic (exact) mass is 403 g/mol. The molecule has 0 aliphatic heterocycles. The van der Waals surface area contributed by atoms with Gasteiger partial charge in [-0.15, -0.1) is 11.3 Å². The Morgan fingerprint density at radius 3 is 2.62 bits per heavy atom. The van der Waals surface area contributed by atoms with E-state index in [1.54, 1.807) is 11.3 Å². The van der Waals surface area contributed by atoms with Gasteiger partial charge in [0.05, 0.1) is 16.8 Å². The van der Waals surface area contributed by atoms with Gasteiger partial charge in [0.15, 0.2) is 0 Å². The van der Waals surface area contributed by atoms with Gasteiger partial charge in [0.1, 0.15) is 5.52 Å². The predicted octanol–water partition coefficient (Wildman–Crippen LogP) is 5.71. The van der Waals surface area contributed by atoms with Crippen molar-refractivity contribution in [1.29, 1.82) is 0 Å². The Kier molecular flexibility index (Phi) is 4.43. The summed E-state index contributed by atoms with van der Waals surface area (Å²) in [5.41, 5.74) is 3.00. The minimum absolute atomic E-state index is 0.0495. The second-order valence-electron chi connectivity index (χ2n) is 7.55. The molecule has 0 spiro atoms. The number of rotatable bonds is 4. The molecular weight excluding hydrogens is 382 g/mol. The van der Waals surface area contributed by atoms with Crippen LogP contribution in [0.3, 0.4) is 0 Å². The first kappa shape index (κ1) is 18.1.